The zero-order valence-corrected chi connectivity index (χ0v) is 9.38. The summed E-state index contributed by atoms with van der Waals surface area (Å²) in [6, 6.07) is 0. The molecular weight excluding hydrogens is 174 g/mol. The van der Waals surface area contributed by atoms with Gasteiger partial charge >= 0.3 is 0 Å². The maximum absolute atomic E-state index is 5.62. The Morgan fingerprint density at radius 2 is 1.86 bits per heavy atom. The Morgan fingerprint density at radius 1 is 1.07 bits per heavy atom. The molecule has 1 heterocycles. The molecule has 80 valence electrons. The molecule has 0 aliphatic carbocycles. The molecule has 0 amide bonds. The summed E-state index contributed by atoms with van der Waals surface area (Å²) in [6.45, 7) is 4.40. The summed E-state index contributed by atoms with van der Waals surface area (Å²) in [4.78, 5) is 4.27. The molecule has 14 heavy (non-hydrogen) atoms. The van der Waals surface area contributed by atoms with Gasteiger partial charge in [-0.3, -0.25) is 0 Å². The van der Waals surface area contributed by atoms with Gasteiger partial charge in [0, 0.05) is 12.8 Å². The van der Waals surface area contributed by atoms with E-state index in [-0.39, 0.29) is 0 Å². The third-order valence-electron chi connectivity index (χ3n) is 2.37. The summed E-state index contributed by atoms with van der Waals surface area (Å²) in [5, 5.41) is 0. The maximum Gasteiger partial charge on any atom is 0.194 e. The van der Waals surface area contributed by atoms with Crippen molar-refractivity contribution < 1.29 is 4.42 Å². The van der Waals surface area contributed by atoms with Gasteiger partial charge in [0.1, 0.15) is 5.76 Å². The van der Waals surface area contributed by atoms with E-state index in [1.807, 2.05) is 6.20 Å². The summed E-state index contributed by atoms with van der Waals surface area (Å²) in [5.74, 6) is 1.97. The van der Waals surface area contributed by atoms with Crippen LogP contribution in [0.3, 0.4) is 0 Å². The van der Waals surface area contributed by atoms with Crippen molar-refractivity contribution in [3.8, 4) is 0 Å². The van der Waals surface area contributed by atoms with Crippen LogP contribution in [0.25, 0.3) is 0 Å². The van der Waals surface area contributed by atoms with Crippen molar-refractivity contribution in [2.24, 2.45) is 0 Å². The second kappa shape index (κ2) is 6.63. The summed E-state index contributed by atoms with van der Waals surface area (Å²) in [7, 11) is 0. The van der Waals surface area contributed by atoms with Crippen molar-refractivity contribution in [1.29, 1.82) is 0 Å². The van der Waals surface area contributed by atoms with E-state index >= 15 is 0 Å². The lowest BCUT2D eigenvalue weighted by atomic mass is 10.2. The Bertz CT molecular complexity index is 242. The first-order valence-corrected chi connectivity index (χ1v) is 5.80. The second-order valence-electron chi connectivity index (χ2n) is 3.78. The van der Waals surface area contributed by atoms with Crippen molar-refractivity contribution in [3.05, 3.63) is 17.8 Å². The lowest BCUT2D eigenvalue weighted by Crippen LogP contribution is -1.83. The van der Waals surface area contributed by atoms with Gasteiger partial charge in [0.15, 0.2) is 5.89 Å². The molecule has 0 radical (unpaired) electrons. The van der Waals surface area contributed by atoms with Crippen LogP contribution in [0.5, 0.6) is 0 Å². The minimum absolute atomic E-state index is 0.915. The van der Waals surface area contributed by atoms with Crippen molar-refractivity contribution in [2.75, 3.05) is 0 Å². The molecule has 2 heteroatoms. The fourth-order valence-electron chi connectivity index (χ4n) is 1.46. The highest BCUT2D eigenvalue weighted by molar-refractivity contribution is 4.94. The van der Waals surface area contributed by atoms with Crippen LogP contribution >= 0.6 is 0 Å². The highest BCUT2D eigenvalue weighted by atomic mass is 16.4. The van der Waals surface area contributed by atoms with Gasteiger partial charge < -0.3 is 4.42 Å². The van der Waals surface area contributed by atoms with E-state index in [1.54, 1.807) is 0 Å². The molecule has 0 aromatic carbocycles. The van der Waals surface area contributed by atoms with E-state index in [2.05, 4.69) is 18.8 Å². The molecule has 0 bridgehead atoms. The Morgan fingerprint density at radius 3 is 2.57 bits per heavy atom. The zero-order chi connectivity index (χ0) is 10.2. The van der Waals surface area contributed by atoms with E-state index < -0.39 is 0 Å². The number of unbranched alkanes of at least 4 members (excludes halogenated alkanes) is 3. The van der Waals surface area contributed by atoms with Crippen LogP contribution in [-0.4, -0.2) is 4.98 Å². The first kappa shape index (κ1) is 11.3. The van der Waals surface area contributed by atoms with Crippen LogP contribution in [0.1, 0.15) is 57.6 Å². The Balaban J connectivity index is 2.27. The third kappa shape index (κ3) is 3.95. The molecule has 2 nitrogen and oxygen atoms in total. The summed E-state index contributed by atoms with van der Waals surface area (Å²) in [6.07, 6.45) is 10.1. The molecule has 1 rings (SSSR count). The number of rotatable bonds is 7. The smallest absolute Gasteiger partial charge is 0.194 e. The number of hydrogen-bond acceptors (Lipinski definition) is 2. The van der Waals surface area contributed by atoms with Gasteiger partial charge in [0.25, 0.3) is 0 Å². The third-order valence-corrected chi connectivity index (χ3v) is 2.37. The van der Waals surface area contributed by atoms with Crippen LogP contribution < -0.4 is 0 Å². The van der Waals surface area contributed by atoms with Crippen molar-refractivity contribution in [3.63, 3.8) is 0 Å². The van der Waals surface area contributed by atoms with Crippen molar-refractivity contribution >= 4 is 0 Å². The Kier molecular flexibility index (Phi) is 5.35. The van der Waals surface area contributed by atoms with Gasteiger partial charge in [0.2, 0.25) is 0 Å². The van der Waals surface area contributed by atoms with Crippen LogP contribution in [0.15, 0.2) is 10.6 Å². The Hall–Kier alpha value is -0.790. The van der Waals surface area contributed by atoms with E-state index in [0.29, 0.717) is 0 Å². The largest absolute Gasteiger partial charge is 0.446 e. The van der Waals surface area contributed by atoms with Gasteiger partial charge in [-0.05, 0) is 12.8 Å². The highest BCUT2D eigenvalue weighted by Crippen LogP contribution is 2.10. The number of aromatic nitrogens is 1. The molecule has 0 aliphatic heterocycles. The molecular formula is C12H21NO. The molecule has 1 aromatic heterocycles. The van der Waals surface area contributed by atoms with Crippen LogP contribution in [0, 0.1) is 0 Å². The molecule has 0 atom stereocenters. The first-order valence-electron chi connectivity index (χ1n) is 5.80. The molecule has 0 saturated heterocycles. The predicted molar refractivity (Wildman–Crippen MR) is 58.3 cm³/mol. The minimum atomic E-state index is 0.915. The second-order valence-corrected chi connectivity index (χ2v) is 3.78. The minimum Gasteiger partial charge on any atom is -0.446 e. The molecule has 0 saturated carbocycles. The monoisotopic (exact) mass is 195 g/mol. The number of aryl methyl sites for hydroxylation is 2. The van der Waals surface area contributed by atoms with Crippen LogP contribution in [-0.2, 0) is 12.8 Å². The standard InChI is InChI=1S/C12H21NO/c1-3-5-7-8-11-10-13-12(14-11)9-6-4-2/h10H,3-9H2,1-2H3. The first-order chi connectivity index (χ1) is 6.86. The normalized spacial score (nSPS) is 10.7. The summed E-state index contributed by atoms with van der Waals surface area (Å²) >= 11 is 0. The van der Waals surface area contributed by atoms with E-state index in [0.717, 1.165) is 24.5 Å². The van der Waals surface area contributed by atoms with Gasteiger partial charge in [0.05, 0.1) is 6.20 Å². The number of hydrogen-bond donors (Lipinski definition) is 0. The van der Waals surface area contributed by atoms with Crippen LogP contribution in [0.2, 0.25) is 0 Å². The lowest BCUT2D eigenvalue weighted by Gasteiger charge is -1.94. The average Bonchev–Trinajstić information content (AvgIpc) is 2.63. The lowest BCUT2D eigenvalue weighted by molar-refractivity contribution is 0.442. The summed E-state index contributed by atoms with van der Waals surface area (Å²) in [5.41, 5.74) is 0. The zero-order valence-electron chi connectivity index (χ0n) is 9.38. The molecule has 0 fully saturated rings. The molecule has 0 unspecified atom stereocenters. The van der Waals surface area contributed by atoms with Crippen LogP contribution in [0.4, 0.5) is 0 Å². The molecule has 0 N–H and O–H groups in total. The number of oxazole rings is 1. The van der Waals surface area contributed by atoms with Gasteiger partial charge in [-0.1, -0.05) is 33.1 Å². The Labute approximate surface area is 86.7 Å². The topological polar surface area (TPSA) is 26.0 Å². The highest BCUT2D eigenvalue weighted by Gasteiger charge is 2.02. The fourth-order valence-corrected chi connectivity index (χ4v) is 1.46. The molecule has 0 spiro atoms. The van der Waals surface area contributed by atoms with Crippen molar-refractivity contribution in [1.82, 2.24) is 4.98 Å². The van der Waals surface area contributed by atoms with Crippen molar-refractivity contribution in [2.45, 2.75) is 58.8 Å². The quantitative estimate of drug-likeness (QED) is 0.619. The van der Waals surface area contributed by atoms with E-state index in [4.69, 9.17) is 4.42 Å². The van der Waals surface area contributed by atoms with E-state index in [1.165, 1.54) is 32.1 Å². The average molecular weight is 195 g/mol. The van der Waals surface area contributed by atoms with Gasteiger partial charge in [-0.2, -0.15) is 0 Å². The van der Waals surface area contributed by atoms with Gasteiger partial charge in [-0.15, -0.1) is 0 Å². The predicted octanol–water partition coefficient (Wildman–Crippen LogP) is 3.75. The van der Waals surface area contributed by atoms with Gasteiger partial charge in [-0.25, -0.2) is 4.98 Å². The fraction of sp³-hybridized carbons (Fsp3) is 0.750. The number of nitrogens with zero attached hydrogens (tertiary/aromatic N) is 1. The SMILES string of the molecule is CCCCCc1cnc(CCCC)o1. The molecule has 0 aliphatic rings. The maximum atomic E-state index is 5.62. The molecule has 1 aromatic rings. The summed E-state index contributed by atoms with van der Waals surface area (Å²) < 4.78 is 5.62. The van der Waals surface area contributed by atoms with E-state index in [9.17, 15) is 0 Å².